The number of esters is 1. The average molecular weight is 288 g/mol. The quantitative estimate of drug-likeness (QED) is 0.835. The number of methoxy groups -OCH3 is 1. The molecule has 2 rings (SSSR count). The topological polar surface area (TPSA) is 71.2 Å². The molecule has 5 nitrogen and oxygen atoms in total. The second kappa shape index (κ2) is 5.99. The van der Waals surface area contributed by atoms with Crippen LogP contribution in [-0.4, -0.2) is 24.0 Å². The standard InChI is InChI=1S/C16H20N2O3/c1-9-8-17-14(12(9)5-6-15(19)21-4)7-13-10(2)11(3)16(20)18-13/h7-8,17H,5-6H2,1-4H3,(H,18,20). The summed E-state index contributed by atoms with van der Waals surface area (Å²) in [4.78, 5) is 26.1. The third-order valence-electron chi connectivity index (χ3n) is 3.90. The molecule has 0 saturated heterocycles. The van der Waals surface area contributed by atoms with E-state index in [1.165, 1.54) is 7.11 Å². The Kier molecular flexibility index (Phi) is 4.31. The number of rotatable bonds is 4. The molecule has 0 aromatic carbocycles. The average Bonchev–Trinajstić information content (AvgIpc) is 2.92. The predicted octanol–water partition coefficient (Wildman–Crippen LogP) is 2.24. The summed E-state index contributed by atoms with van der Waals surface area (Å²) in [7, 11) is 1.39. The lowest BCUT2D eigenvalue weighted by molar-refractivity contribution is -0.140. The number of aryl methyl sites for hydroxylation is 1. The van der Waals surface area contributed by atoms with Gasteiger partial charge in [-0.15, -0.1) is 0 Å². The molecule has 112 valence electrons. The molecular weight excluding hydrogens is 268 g/mol. The zero-order valence-electron chi connectivity index (χ0n) is 12.8. The van der Waals surface area contributed by atoms with Gasteiger partial charge in [-0.2, -0.15) is 0 Å². The summed E-state index contributed by atoms with van der Waals surface area (Å²) in [5.41, 5.74) is 5.57. The van der Waals surface area contributed by atoms with Gasteiger partial charge in [-0.05, 0) is 50.0 Å². The molecule has 0 atom stereocenters. The van der Waals surface area contributed by atoms with Crippen molar-refractivity contribution in [2.24, 2.45) is 0 Å². The van der Waals surface area contributed by atoms with Crippen LogP contribution in [0.2, 0.25) is 0 Å². The van der Waals surface area contributed by atoms with Crippen molar-refractivity contribution in [1.82, 2.24) is 10.3 Å². The number of amides is 1. The lowest BCUT2D eigenvalue weighted by Gasteiger charge is -2.04. The van der Waals surface area contributed by atoms with Gasteiger partial charge in [-0.1, -0.05) is 0 Å². The Hall–Kier alpha value is -2.30. The van der Waals surface area contributed by atoms with Crippen molar-refractivity contribution in [3.63, 3.8) is 0 Å². The highest BCUT2D eigenvalue weighted by atomic mass is 16.5. The Morgan fingerprint density at radius 3 is 2.57 bits per heavy atom. The number of ether oxygens (including phenoxy) is 1. The van der Waals surface area contributed by atoms with Gasteiger partial charge in [0.15, 0.2) is 0 Å². The summed E-state index contributed by atoms with van der Waals surface area (Å²) in [5.74, 6) is -0.284. The minimum atomic E-state index is -0.227. The highest BCUT2D eigenvalue weighted by Crippen LogP contribution is 2.24. The van der Waals surface area contributed by atoms with Gasteiger partial charge in [-0.25, -0.2) is 0 Å². The molecule has 5 heteroatoms. The molecule has 1 amide bonds. The molecule has 0 bridgehead atoms. The molecule has 2 N–H and O–H groups in total. The van der Waals surface area contributed by atoms with Gasteiger partial charge in [0.1, 0.15) is 0 Å². The first-order valence-electron chi connectivity index (χ1n) is 6.88. The molecule has 0 unspecified atom stereocenters. The van der Waals surface area contributed by atoms with Crippen LogP contribution in [0.15, 0.2) is 23.0 Å². The number of nitrogens with one attached hydrogen (secondary N) is 2. The Balaban J connectivity index is 2.26. The van der Waals surface area contributed by atoms with E-state index in [0.29, 0.717) is 12.8 Å². The molecule has 0 saturated carbocycles. The van der Waals surface area contributed by atoms with Gasteiger partial charge in [0, 0.05) is 29.6 Å². The number of allylic oxidation sites excluding steroid dienone is 1. The van der Waals surface area contributed by atoms with Crippen LogP contribution in [0.25, 0.3) is 6.08 Å². The molecule has 21 heavy (non-hydrogen) atoms. The number of aromatic amines is 1. The van der Waals surface area contributed by atoms with Crippen LogP contribution in [0.1, 0.15) is 37.1 Å². The second-order valence-corrected chi connectivity index (χ2v) is 5.20. The highest BCUT2D eigenvalue weighted by Gasteiger charge is 2.21. The molecular formula is C16H20N2O3. The van der Waals surface area contributed by atoms with E-state index in [1.54, 1.807) is 0 Å². The Morgan fingerprint density at radius 2 is 2.00 bits per heavy atom. The first-order valence-corrected chi connectivity index (χ1v) is 6.88. The van der Waals surface area contributed by atoms with Gasteiger partial charge < -0.3 is 15.0 Å². The highest BCUT2D eigenvalue weighted by molar-refractivity contribution is 6.00. The van der Waals surface area contributed by atoms with Crippen LogP contribution in [-0.2, 0) is 20.7 Å². The van der Waals surface area contributed by atoms with Crippen molar-refractivity contribution in [2.75, 3.05) is 7.11 Å². The van der Waals surface area contributed by atoms with Crippen molar-refractivity contribution in [3.05, 3.63) is 39.9 Å². The molecule has 1 aliphatic heterocycles. The third kappa shape index (κ3) is 3.07. The van der Waals surface area contributed by atoms with Gasteiger partial charge in [0.25, 0.3) is 5.91 Å². The molecule has 0 aliphatic carbocycles. The molecule has 0 radical (unpaired) electrons. The van der Waals surface area contributed by atoms with Gasteiger partial charge in [0.2, 0.25) is 0 Å². The smallest absolute Gasteiger partial charge is 0.305 e. The summed E-state index contributed by atoms with van der Waals surface area (Å²) in [5, 5.41) is 2.85. The molecule has 0 spiro atoms. The van der Waals surface area contributed by atoms with Gasteiger partial charge in [0.05, 0.1) is 7.11 Å². The summed E-state index contributed by atoms with van der Waals surface area (Å²) in [6.07, 6.45) is 4.77. The summed E-state index contributed by atoms with van der Waals surface area (Å²) < 4.78 is 4.68. The second-order valence-electron chi connectivity index (χ2n) is 5.20. The van der Waals surface area contributed by atoms with Gasteiger partial charge in [-0.3, -0.25) is 9.59 Å². The number of carbonyl (C=O) groups excluding carboxylic acids is 2. The van der Waals surface area contributed by atoms with E-state index in [2.05, 4.69) is 15.0 Å². The fraction of sp³-hybridized carbons (Fsp3) is 0.375. The summed E-state index contributed by atoms with van der Waals surface area (Å²) in [6.45, 7) is 5.72. The van der Waals surface area contributed by atoms with Crippen LogP contribution < -0.4 is 5.32 Å². The van der Waals surface area contributed by atoms with Crippen molar-refractivity contribution in [3.8, 4) is 0 Å². The zero-order valence-corrected chi connectivity index (χ0v) is 12.8. The van der Waals surface area contributed by atoms with E-state index in [-0.39, 0.29) is 11.9 Å². The maximum Gasteiger partial charge on any atom is 0.305 e. The Morgan fingerprint density at radius 1 is 1.29 bits per heavy atom. The fourth-order valence-corrected chi connectivity index (χ4v) is 2.33. The lowest BCUT2D eigenvalue weighted by Crippen LogP contribution is -2.15. The van der Waals surface area contributed by atoms with E-state index in [4.69, 9.17) is 0 Å². The Labute approximate surface area is 124 Å². The molecule has 1 aromatic heterocycles. The van der Waals surface area contributed by atoms with Gasteiger partial charge >= 0.3 is 5.97 Å². The summed E-state index contributed by atoms with van der Waals surface area (Å²) >= 11 is 0. The first kappa shape index (κ1) is 15.1. The number of carbonyl (C=O) groups is 2. The summed E-state index contributed by atoms with van der Waals surface area (Å²) in [6, 6.07) is 0. The fourth-order valence-electron chi connectivity index (χ4n) is 2.33. The predicted molar refractivity (Wildman–Crippen MR) is 80.4 cm³/mol. The van der Waals surface area contributed by atoms with Crippen LogP contribution in [0.4, 0.5) is 0 Å². The first-order chi connectivity index (χ1) is 9.93. The van der Waals surface area contributed by atoms with Crippen LogP contribution >= 0.6 is 0 Å². The Bertz CT molecular complexity index is 650. The van der Waals surface area contributed by atoms with Crippen molar-refractivity contribution in [2.45, 2.75) is 33.6 Å². The molecule has 1 aromatic rings. The monoisotopic (exact) mass is 288 g/mol. The molecule has 0 fully saturated rings. The van der Waals surface area contributed by atoms with E-state index in [0.717, 1.165) is 33.7 Å². The minimum absolute atomic E-state index is 0.0573. The van der Waals surface area contributed by atoms with Crippen molar-refractivity contribution < 1.29 is 14.3 Å². The number of aromatic nitrogens is 1. The van der Waals surface area contributed by atoms with Crippen LogP contribution in [0, 0.1) is 6.92 Å². The third-order valence-corrected chi connectivity index (χ3v) is 3.90. The molecule has 1 aliphatic rings. The van der Waals surface area contributed by atoms with Crippen molar-refractivity contribution in [1.29, 1.82) is 0 Å². The SMILES string of the molecule is COC(=O)CCc1c(C)c[nH]c1C=C1NC(=O)C(C)=C1C. The van der Waals surface area contributed by atoms with Crippen LogP contribution in [0.3, 0.4) is 0 Å². The van der Waals surface area contributed by atoms with Crippen LogP contribution in [0.5, 0.6) is 0 Å². The van der Waals surface area contributed by atoms with Crippen molar-refractivity contribution >= 4 is 18.0 Å². The maximum atomic E-state index is 11.6. The van der Waals surface area contributed by atoms with E-state index in [9.17, 15) is 9.59 Å². The minimum Gasteiger partial charge on any atom is -0.469 e. The number of H-pyrrole nitrogens is 1. The number of hydrogen-bond acceptors (Lipinski definition) is 3. The maximum absolute atomic E-state index is 11.6. The lowest BCUT2D eigenvalue weighted by atomic mass is 10.0. The number of hydrogen-bond donors (Lipinski definition) is 2. The normalized spacial score (nSPS) is 16.6. The van der Waals surface area contributed by atoms with E-state index in [1.807, 2.05) is 33.0 Å². The molecule has 2 heterocycles. The zero-order chi connectivity index (χ0) is 15.6. The van der Waals surface area contributed by atoms with E-state index >= 15 is 0 Å². The largest absolute Gasteiger partial charge is 0.469 e. The van der Waals surface area contributed by atoms with E-state index < -0.39 is 0 Å².